The van der Waals surface area contributed by atoms with Crippen molar-refractivity contribution in [2.24, 2.45) is 0 Å². The van der Waals surface area contributed by atoms with Gasteiger partial charge >= 0.3 is 6.03 Å². The summed E-state index contributed by atoms with van der Waals surface area (Å²) >= 11 is 0. The molecule has 0 aliphatic rings. The minimum Gasteiger partial charge on any atom is -0.383 e. The maximum atomic E-state index is 12.2. The summed E-state index contributed by atoms with van der Waals surface area (Å²) in [6, 6.07) is 1.31. The Morgan fingerprint density at radius 2 is 2.17 bits per heavy atom. The number of anilines is 1. The summed E-state index contributed by atoms with van der Waals surface area (Å²) in [5.41, 5.74) is 0. The number of nitrogens with one attached hydrogen (secondary N) is 2. The average molecular weight is 321 g/mol. The van der Waals surface area contributed by atoms with Gasteiger partial charge in [0.15, 0.2) is 5.82 Å². The zero-order chi connectivity index (χ0) is 16.8. The van der Waals surface area contributed by atoms with Gasteiger partial charge in [0, 0.05) is 25.8 Å². The van der Waals surface area contributed by atoms with Crippen molar-refractivity contribution in [2.45, 2.75) is 39.4 Å². The van der Waals surface area contributed by atoms with Crippen LogP contribution < -0.4 is 10.6 Å². The predicted octanol–water partition coefficient (Wildman–Crippen LogP) is 1.58. The standard InChI is InChI=1S/C14H23N7O2/c1-10(2)21-12(5-6-16-21)18-14(22)17-11(3)13-19-15-9-20(13)7-8-23-4/h5-6,9-11H,7-8H2,1-4H3,(H2,17,18,22)/t11-/m0/s1. The highest BCUT2D eigenvalue weighted by molar-refractivity contribution is 5.88. The molecule has 1 atom stereocenters. The molecule has 23 heavy (non-hydrogen) atoms. The second-order valence-corrected chi connectivity index (χ2v) is 5.45. The van der Waals surface area contributed by atoms with Crippen molar-refractivity contribution in [3.63, 3.8) is 0 Å². The van der Waals surface area contributed by atoms with Crippen LogP contribution in [0.3, 0.4) is 0 Å². The summed E-state index contributed by atoms with van der Waals surface area (Å²) in [5.74, 6) is 1.32. The van der Waals surface area contributed by atoms with Crippen LogP contribution in [0.4, 0.5) is 10.6 Å². The Kier molecular flexibility index (Phi) is 5.69. The third-order valence-electron chi connectivity index (χ3n) is 3.32. The second kappa shape index (κ2) is 7.73. The van der Waals surface area contributed by atoms with Gasteiger partial charge < -0.3 is 14.6 Å². The second-order valence-electron chi connectivity index (χ2n) is 5.45. The van der Waals surface area contributed by atoms with Crippen LogP contribution in [0.1, 0.15) is 38.7 Å². The summed E-state index contributed by atoms with van der Waals surface area (Å²) < 4.78 is 8.65. The minimum atomic E-state index is -0.318. The first-order valence-corrected chi connectivity index (χ1v) is 7.50. The molecule has 2 aromatic heterocycles. The Balaban J connectivity index is 1.97. The Morgan fingerprint density at radius 1 is 1.39 bits per heavy atom. The quantitative estimate of drug-likeness (QED) is 0.807. The first-order valence-electron chi connectivity index (χ1n) is 7.50. The highest BCUT2D eigenvalue weighted by Crippen LogP contribution is 2.14. The zero-order valence-electron chi connectivity index (χ0n) is 13.9. The molecule has 2 aromatic rings. The van der Waals surface area contributed by atoms with E-state index in [1.165, 1.54) is 0 Å². The summed E-state index contributed by atoms with van der Waals surface area (Å²) in [6.07, 6.45) is 3.28. The first kappa shape index (κ1) is 16.9. The molecule has 0 aliphatic carbocycles. The Morgan fingerprint density at radius 3 is 2.87 bits per heavy atom. The van der Waals surface area contributed by atoms with Crippen LogP contribution in [0.15, 0.2) is 18.6 Å². The van der Waals surface area contributed by atoms with Crippen molar-refractivity contribution in [1.29, 1.82) is 0 Å². The molecule has 2 rings (SSSR count). The molecule has 0 aliphatic heterocycles. The van der Waals surface area contributed by atoms with E-state index in [2.05, 4.69) is 25.9 Å². The summed E-state index contributed by atoms with van der Waals surface area (Å²) in [5, 5.41) is 17.8. The molecule has 0 saturated carbocycles. The van der Waals surface area contributed by atoms with Gasteiger partial charge in [-0.1, -0.05) is 0 Å². The van der Waals surface area contributed by atoms with Crippen molar-refractivity contribution in [3.05, 3.63) is 24.4 Å². The van der Waals surface area contributed by atoms with Gasteiger partial charge in [-0.25, -0.2) is 9.48 Å². The first-order chi connectivity index (χ1) is 11.0. The highest BCUT2D eigenvalue weighted by atomic mass is 16.5. The molecule has 0 radical (unpaired) electrons. The van der Waals surface area contributed by atoms with Crippen molar-refractivity contribution < 1.29 is 9.53 Å². The van der Waals surface area contributed by atoms with E-state index < -0.39 is 0 Å². The lowest BCUT2D eigenvalue weighted by atomic mass is 10.3. The lowest BCUT2D eigenvalue weighted by molar-refractivity contribution is 0.185. The third kappa shape index (κ3) is 4.28. The largest absolute Gasteiger partial charge is 0.383 e. The van der Waals surface area contributed by atoms with Crippen LogP contribution in [-0.4, -0.2) is 44.3 Å². The number of nitrogens with zero attached hydrogens (tertiary/aromatic N) is 5. The van der Waals surface area contributed by atoms with Crippen LogP contribution in [0.2, 0.25) is 0 Å². The van der Waals surface area contributed by atoms with E-state index in [-0.39, 0.29) is 18.1 Å². The van der Waals surface area contributed by atoms with Gasteiger partial charge in [-0.3, -0.25) is 5.32 Å². The topological polar surface area (TPSA) is 98.9 Å². The van der Waals surface area contributed by atoms with E-state index in [1.807, 2.05) is 25.3 Å². The molecule has 0 aromatic carbocycles. The third-order valence-corrected chi connectivity index (χ3v) is 3.32. The number of ether oxygens (including phenoxy) is 1. The van der Waals surface area contributed by atoms with Crippen molar-refractivity contribution in [1.82, 2.24) is 29.9 Å². The zero-order valence-corrected chi connectivity index (χ0v) is 13.9. The van der Waals surface area contributed by atoms with E-state index in [4.69, 9.17) is 4.74 Å². The molecule has 0 unspecified atom stereocenters. The lowest BCUT2D eigenvalue weighted by Gasteiger charge is -2.16. The molecule has 9 nitrogen and oxygen atoms in total. The number of hydrogen-bond donors (Lipinski definition) is 2. The van der Waals surface area contributed by atoms with Gasteiger partial charge in [-0.2, -0.15) is 5.10 Å². The Hall–Kier alpha value is -2.42. The van der Waals surface area contributed by atoms with Gasteiger partial charge in [0.1, 0.15) is 12.1 Å². The SMILES string of the molecule is COCCn1cnnc1[C@H](C)NC(=O)Nc1ccnn1C(C)C. The molecule has 126 valence electrons. The Labute approximate surface area is 135 Å². The highest BCUT2D eigenvalue weighted by Gasteiger charge is 2.17. The molecule has 0 fully saturated rings. The number of urea groups is 1. The van der Waals surface area contributed by atoms with Crippen molar-refractivity contribution in [2.75, 3.05) is 19.0 Å². The lowest BCUT2D eigenvalue weighted by Crippen LogP contribution is -2.33. The fraction of sp³-hybridized carbons (Fsp3) is 0.571. The predicted molar refractivity (Wildman–Crippen MR) is 85.1 cm³/mol. The number of rotatable bonds is 7. The Bertz CT molecular complexity index is 635. The minimum absolute atomic E-state index is 0.162. The summed E-state index contributed by atoms with van der Waals surface area (Å²) in [4.78, 5) is 12.2. The number of hydrogen-bond acceptors (Lipinski definition) is 5. The molecule has 9 heteroatoms. The van der Waals surface area contributed by atoms with Gasteiger partial charge in [0.2, 0.25) is 0 Å². The number of methoxy groups -OCH3 is 1. The number of aromatic nitrogens is 5. The maximum absolute atomic E-state index is 12.2. The van der Waals surface area contributed by atoms with Crippen LogP contribution in [0.5, 0.6) is 0 Å². The molecule has 0 saturated heterocycles. The van der Waals surface area contributed by atoms with E-state index in [1.54, 1.807) is 30.4 Å². The summed E-state index contributed by atoms with van der Waals surface area (Å²) in [7, 11) is 1.64. The van der Waals surface area contributed by atoms with Crippen LogP contribution in [0, 0.1) is 0 Å². The van der Waals surface area contributed by atoms with E-state index >= 15 is 0 Å². The van der Waals surface area contributed by atoms with Crippen molar-refractivity contribution >= 4 is 11.8 Å². The number of amides is 2. The molecular formula is C14H23N7O2. The number of carbonyl (C=O) groups is 1. The molecule has 2 N–H and O–H groups in total. The van der Waals surface area contributed by atoms with Gasteiger partial charge in [0.05, 0.1) is 18.8 Å². The van der Waals surface area contributed by atoms with Gasteiger partial charge in [-0.15, -0.1) is 10.2 Å². The van der Waals surface area contributed by atoms with Gasteiger partial charge in [-0.05, 0) is 20.8 Å². The van der Waals surface area contributed by atoms with Crippen molar-refractivity contribution in [3.8, 4) is 0 Å². The molecule has 0 spiro atoms. The average Bonchev–Trinajstić information content (AvgIpc) is 3.13. The fourth-order valence-corrected chi connectivity index (χ4v) is 2.20. The smallest absolute Gasteiger partial charge is 0.320 e. The van der Waals surface area contributed by atoms with E-state index in [0.717, 1.165) is 0 Å². The van der Waals surface area contributed by atoms with Gasteiger partial charge in [0.25, 0.3) is 0 Å². The fourth-order valence-electron chi connectivity index (χ4n) is 2.20. The maximum Gasteiger partial charge on any atom is 0.320 e. The molecule has 2 amide bonds. The summed E-state index contributed by atoms with van der Waals surface area (Å²) in [6.45, 7) is 7.03. The van der Waals surface area contributed by atoms with Crippen LogP contribution in [0.25, 0.3) is 0 Å². The van der Waals surface area contributed by atoms with E-state index in [0.29, 0.717) is 24.8 Å². The monoisotopic (exact) mass is 321 g/mol. The molecule has 0 bridgehead atoms. The number of carbonyl (C=O) groups excluding carboxylic acids is 1. The molecule has 2 heterocycles. The van der Waals surface area contributed by atoms with E-state index in [9.17, 15) is 4.79 Å². The van der Waals surface area contributed by atoms with Crippen LogP contribution >= 0.6 is 0 Å². The normalized spacial score (nSPS) is 12.4. The van der Waals surface area contributed by atoms with Crippen LogP contribution in [-0.2, 0) is 11.3 Å². The molecular weight excluding hydrogens is 298 g/mol.